The zero-order valence-electron chi connectivity index (χ0n) is 10.3. The van der Waals surface area contributed by atoms with Crippen LogP contribution in [0.2, 0.25) is 0 Å². The molecule has 7 heteroatoms. The number of hydrogen-bond donors (Lipinski definition) is 3. The fraction of sp³-hybridized carbons (Fsp3) is 0.154. The van der Waals surface area contributed by atoms with Gasteiger partial charge in [0.05, 0.1) is 11.4 Å². The zero-order valence-corrected chi connectivity index (χ0v) is 10.3. The van der Waals surface area contributed by atoms with Crippen molar-refractivity contribution in [1.82, 2.24) is 0 Å². The molecule has 0 saturated carbocycles. The van der Waals surface area contributed by atoms with Gasteiger partial charge < -0.3 is 11.5 Å². The van der Waals surface area contributed by atoms with Crippen LogP contribution in [0, 0.1) is 11.2 Å². The van der Waals surface area contributed by atoms with E-state index >= 15 is 0 Å². The Bertz CT molecular complexity index is 559. The largest absolute Gasteiger partial charge is 0.419 e. The summed E-state index contributed by atoms with van der Waals surface area (Å²) in [5.74, 6) is -1.59. The standard InChI is InChI=1S/C13H13F4N3/c14-10-3-1-2-9(12(10)13(15,16)17)8(6-7-18)4-5-11(19)20/h1-4,6-7H,5,18H2,(H3,19,20)/b7-6-,8-4+. The van der Waals surface area contributed by atoms with Crippen LogP contribution in [-0.4, -0.2) is 5.84 Å². The average molecular weight is 287 g/mol. The molecule has 0 saturated heterocycles. The molecular weight excluding hydrogens is 274 g/mol. The molecule has 0 spiro atoms. The maximum absolute atomic E-state index is 13.5. The van der Waals surface area contributed by atoms with Gasteiger partial charge in [0, 0.05) is 6.42 Å². The third-order valence-corrected chi connectivity index (χ3v) is 2.43. The highest BCUT2D eigenvalue weighted by Gasteiger charge is 2.37. The number of rotatable bonds is 4. The number of hydrogen-bond acceptors (Lipinski definition) is 2. The van der Waals surface area contributed by atoms with Crippen LogP contribution in [0.15, 0.2) is 36.6 Å². The second kappa shape index (κ2) is 6.23. The number of amidine groups is 1. The van der Waals surface area contributed by atoms with Crippen LogP contribution in [0.5, 0.6) is 0 Å². The molecule has 5 N–H and O–H groups in total. The minimum absolute atomic E-state index is 0.0505. The lowest BCUT2D eigenvalue weighted by Gasteiger charge is -2.14. The summed E-state index contributed by atoms with van der Waals surface area (Å²) in [5.41, 5.74) is 8.68. The van der Waals surface area contributed by atoms with Gasteiger partial charge in [-0.3, -0.25) is 5.41 Å². The van der Waals surface area contributed by atoms with Crippen LogP contribution in [0.4, 0.5) is 17.6 Å². The van der Waals surface area contributed by atoms with Crippen molar-refractivity contribution >= 4 is 11.4 Å². The molecule has 1 aromatic rings. The van der Waals surface area contributed by atoms with Crippen LogP contribution >= 0.6 is 0 Å². The van der Waals surface area contributed by atoms with E-state index in [4.69, 9.17) is 16.9 Å². The minimum atomic E-state index is -4.83. The van der Waals surface area contributed by atoms with E-state index in [0.717, 1.165) is 18.3 Å². The molecule has 0 heterocycles. The summed E-state index contributed by atoms with van der Waals surface area (Å²) < 4.78 is 52.2. The quantitative estimate of drug-likeness (QED) is 0.344. The lowest BCUT2D eigenvalue weighted by atomic mass is 9.97. The lowest BCUT2D eigenvalue weighted by molar-refractivity contribution is -0.140. The fourth-order valence-corrected chi connectivity index (χ4v) is 1.64. The summed E-state index contributed by atoms with van der Waals surface area (Å²) >= 11 is 0. The van der Waals surface area contributed by atoms with Gasteiger partial charge in [-0.25, -0.2) is 4.39 Å². The molecule has 1 aromatic carbocycles. The highest BCUT2D eigenvalue weighted by Crippen LogP contribution is 2.37. The van der Waals surface area contributed by atoms with Crippen LogP contribution in [0.25, 0.3) is 5.57 Å². The number of allylic oxidation sites excluding steroid dienone is 2. The number of benzene rings is 1. The number of nitrogens with one attached hydrogen (secondary N) is 1. The molecule has 0 aliphatic carbocycles. The molecule has 0 amide bonds. The van der Waals surface area contributed by atoms with E-state index in [0.29, 0.717) is 0 Å². The van der Waals surface area contributed by atoms with Gasteiger partial charge in [-0.1, -0.05) is 18.2 Å². The zero-order chi connectivity index (χ0) is 15.3. The predicted molar refractivity (Wildman–Crippen MR) is 69.2 cm³/mol. The van der Waals surface area contributed by atoms with Crippen molar-refractivity contribution in [2.24, 2.45) is 11.5 Å². The smallest absolute Gasteiger partial charge is 0.405 e. The van der Waals surface area contributed by atoms with Gasteiger partial charge in [0.1, 0.15) is 5.82 Å². The first kappa shape index (κ1) is 15.7. The Hall–Kier alpha value is -2.31. The van der Waals surface area contributed by atoms with Crippen molar-refractivity contribution < 1.29 is 17.6 Å². The summed E-state index contributed by atoms with van der Waals surface area (Å²) in [7, 11) is 0. The van der Waals surface area contributed by atoms with Gasteiger partial charge in [-0.15, -0.1) is 0 Å². The van der Waals surface area contributed by atoms with Crippen molar-refractivity contribution in [3.05, 3.63) is 53.5 Å². The van der Waals surface area contributed by atoms with Gasteiger partial charge in [0.15, 0.2) is 0 Å². The summed E-state index contributed by atoms with van der Waals surface area (Å²) in [6.45, 7) is 0. The van der Waals surface area contributed by atoms with Crippen molar-refractivity contribution in [3.63, 3.8) is 0 Å². The molecular formula is C13H13F4N3. The highest BCUT2D eigenvalue weighted by atomic mass is 19.4. The Balaban J connectivity index is 3.45. The van der Waals surface area contributed by atoms with Crippen molar-refractivity contribution in [3.8, 4) is 0 Å². The van der Waals surface area contributed by atoms with Gasteiger partial charge >= 0.3 is 6.18 Å². The molecule has 0 aliphatic heterocycles. The molecule has 0 bridgehead atoms. The average Bonchev–Trinajstić information content (AvgIpc) is 2.32. The van der Waals surface area contributed by atoms with Crippen LogP contribution in [0.1, 0.15) is 17.5 Å². The molecule has 0 radical (unpaired) electrons. The molecule has 0 aliphatic rings. The Morgan fingerprint density at radius 1 is 1.30 bits per heavy atom. The summed E-state index contributed by atoms with van der Waals surface area (Å²) in [6.07, 6.45) is -1.37. The molecule has 1 rings (SSSR count). The Morgan fingerprint density at radius 3 is 2.45 bits per heavy atom. The van der Waals surface area contributed by atoms with Crippen LogP contribution in [0.3, 0.4) is 0 Å². The first-order valence-electron chi connectivity index (χ1n) is 5.54. The van der Waals surface area contributed by atoms with E-state index in [9.17, 15) is 17.6 Å². The second-order valence-corrected chi connectivity index (χ2v) is 3.91. The summed E-state index contributed by atoms with van der Waals surface area (Å²) in [4.78, 5) is 0. The molecule has 20 heavy (non-hydrogen) atoms. The first-order valence-corrected chi connectivity index (χ1v) is 5.54. The third-order valence-electron chi connectivity index (χ3n) is 2.43. The number of nitrogens with two attached hydrogens (primary N) is 2. The molecule has 0 aromatic heterocycles. The second-order valence-electron chi connectivity index (χ2n) is 3.91. The summed E-state index contributed by atoms with van der Waals surface area (Å²) in [6, 6.07) is 3.05. The van der Waals surface area contributed by atoms with E-state index in [1.165, 1.54) is 18.2 Å². The van der Waals surface area contributed by atoms with Gasteiger partial charge in [-0.2, -0.15) is 13.2 Å². The van der Waals surface area contributed by atoms with Gasteiger partial charge in [0.25, 0.3) is 0 Å². The third kappa shape index (κ3) is 3.84. The van der Waals surface area contributed by atoms with E-state index in [-0.39, 0.29) is 23.4 Å². The molecule has 3 nitrogen and oxygen atoms in total. The molecule has 108 valence electrons. The van der Waals surface area contributed by atoms with E-state index in [1.807, 2.05) is 0 Å². The minimum Gasteiger partial charge on any atom is -0.405 e. The van der Waals surface area contributed by atoms with Gasteiger partial charge in [0.2, 0.25) is 0 Å². The van der Waals surface area contributed by atoms with Gasteiger partial charge in [-0.05, 0) is 29.5 Å². The van der Waals surface area contributed by atoms with E-state index in [1.54, 1.807) is 0 Å². The van der Waals surface area contributed by atoms with Crippen molar-refractivity contribution in [1.29, 1.82) is 5.41 Å². The number of alkyl halides is 3. The summed E-state index contributed by atoms with van der Waals surface area (Å²) in [5, 5.41) is 7.08. The molecule has 0 atom stereocenters. The normalized spacial score (nSPS) is 12.9. The Kier molecular flexibility index (Phi) is 4.90. The Labute approximate surface area is 113 Å². The Morgan fingerprint density at radius 2 is 1.95 bits per heavy atom. The first-order chi connectivity index (χ1) is 9.27. The lowest BCUT2D eigenvalue weighted by Crippen LogP contribution is -2.12. The predicted octanol–water partition coefficient (Wildman–Crippen LogP) is 3.03. The maximum atomic E-state index is 13.5. The molecule has 0 unspecified atom stereocenters. The van der Waals surface area contributed by atoms with E-state index < -0.39 is 17.6 Å². The monoisotopic (exact) mass is 287 g/mol. The van der Waals surface area contributed by atoms with Crippen molar-refractivity contribution in [2.45, 2.75) is 12.6 Å². The SMILES string of the molecule is N=C(N)C/C=C(\C=C/N)c1cccc(F)c1C(F)(F)F. The maximum Gasteiger partial charge on any atom is 0.419 e. The fourth-order valence-electron chi connectivity index (χ4n) is 1.64. The van der Waals surface area contributed by atoms with Crippen molar-refractivity contribution in [2.75, 3.05) is 0 Å². The topological polar surface area (TPSA) is 75.9 Å². The molecule has 0 fully saturated rings. The number of halogens is 4. The van der Waals surface area contributed by atoms with E-state index in [2.05, 4.69) is 0 Å². The highest BCUT2D eigenvalue weighted by molar-refractivity contribution is 5.83. The van der Waals surface area contributed by atoms with Crippen LogP contribution in [-0.2, 0) is 6.18 Å². The van der Waals surface area contributed by atoms with Crippen LogP contribution < -0.4 is 11.5 Å².